The summed E-state index contributed by atoms with van der Waals surface area (Å²) in [5.41, 5.74) is 8.19. The Morgan fingerprint density at radius 2 is 2.00 bits per heavy atom. The van der Waals surface area contributed by atoms with Crippen LogP contribution in [0.2, 0.25) is 0 Å². The Hall–Kier alpha value is -3.79. The number of anilines is 1. The van der Waals surface area contributed by atoms with Crippen molar-refractivity contribution < 1.29 is 19.1 Å². The topological polar surface area (TPSA) is 136 Å². The number of hydrogen-bond donors (Lipinski definition) is 3. The molecule has 0 saturated carbocycles. The fourth-order valence-electron chi connectivity index (χ4n) is 3.79. The Kier molecular flexibility index (Phi) is 6.87. The number of H-pyrrole nitrogens is 1. The number of fused-ring (bicyclic) bond motifs is 1. The minimum atomic E-state index is -0.613. The number of nitrogens with one attached hydrogen (secondary N) is 2. The maximum absolute atomic E-state index is 13.1. The van der Waals surface area contributed by atoms with Gasteiger partial charge in [-0.15, -0.1) is 0 Å². The first-order valence-corrected chi connectivity index (χ1v) is 11.5. The maximum atomic E-state index is 13.1. The van der Waals surface area contributed by atoms with Crippen molar-refractivity contribution in [1.82, 2.24) is 9.97 Å². The van der Waals surface area contributed by atoms with E-state index in [9.17, 15) is 14.4 Å². The van der Waals surface area contributed by atoms with Gasteiger partial charge >= 0.3 is 0 Å². The second-order valence-corrected chi connectivity index (χ2v) is 8.78. The lowest BCUT2D eigenvalue weighted by Gasteiger charge is -2.25. The molecule has 1 aliphatic heterocycles. The van der Waals surface area contributed by atoms with Gasteiger partial charge in [0, 0.05) is 18.1 Å². The molecule has 10 heteroatoms. The number of ether oxygens (including phenoxy) is 2. The van der Waals surface area contributed by atoms with E-state index in [1.165, 1.54) is 18.9 Å². The SMILES string of the molecule is COc1cc([C@H]2CC(=O)Nc3nc(SCc4ccccc4C)[nH]c(=O)c32)ccc1OCC(N)=O. The molecule has 34 heavy (non-hydrogen) atoms. The van der Waals surface area contributed by atoms with Gasteiger partial charge in [-0.2, -0.15) is 0 Å². The first-order chi connectivity index (χ1) is 16.4. The Bertz CT molecular complexity index is 1310. The molecule has 2 heterocycles. The van der Waals surface area contributed by atoms with Crippen molar-refractivity contribution >= 4 is 29.4 Å². The highest BCUT2D eigenvalue weighted by molar-refractivity contribution is 7.98. The van der Waals surface area contributed by atoms with Crippen LogP contribution < -0.4 is 26.1 Å². The highest BCUT2D eigenvalue weighted by atomic mass is 32.2. The summed E-state index contributed by atoms with van der Waals surface area (Å²) >= 11 is 1.40. The summed E-state index contributed by atoms with van der Waals surface area (Å²) in [6.07, 6.45) is 0.0815. The van der Waals surface area contributed by atoms with Crippen molar-refractivity contribution in [2.45, 2.75) is 30.2 Å². The first kappa shape index (κ1) is 23.4. The number of thioether (sulfide) groups is 1. The lowest BCUT2D eigenvalue weighted by Crippen LogP contribution is -2.31. The van der Waals surface area contributed by atoms with Gasteiger partial charge in [0.2, 0.25) is 5.91 Å². The lowest BCUT2D eigenvalue weighted by atomic mass is 9.86. The Morgan fingerprint density at radius 1 is 1.21 bits per heavy atom. The van der Waals surface area contributed by atoms with Gasteiger partial charge in [0.15, 0.2) is 23.3 Å². The number of carbonyl (C=O) groups is 2. The summed E-state index contributed by atoms with van der Waals surface area (Å²) in [5, 5.41) is 3.16. The van der Waals surface area contributed by atoms with E-state index in [-0.39, 0.29) is 30.3 Å². The largest absolute Gasteiger partial charge is 0.493 e. The van der Waals surface area contributed by atoms with E-state index in [0.717, 1.165) is 11.1 Å². The van der Waals surface area contributed by atoms with Gasteiger partial charge in [-0.3, -0.25) is 14.4 Å². The zero-order chi connectivity index (χ0) is 24.2. The predicted octanol–water partition coefficient (Wildman–Crippen LogP) is 2.72. The van der Waals surface area contributed by atoms with Crippen molar-refractivity contribution in [3.63, 3.8) is 0 Å². The number of primary amides is 1. The van der Waals surface area contributed by atoms with E-state index in [2.05, 4.69) is 15.3 Å². The molecule has 176 valence electrons. The minimum absolute atomic E-state index is 0.0815. The number of nitrogens with two attached hydrogens (primary N) is 1. The number of aromatic amines is 1. The van der Waals surface area contributed by atoms with Gasteiger partial charge in [-0.1, -0.05) is 42.1 Å². The van der Waals surface area contributed by atoms with Gasteiger partial charge < -0.3 is 25.5 Å². The zero-order valence-electron chi connectivity index (χ0n) is 18.7. The summed E-state index contributed by atoms with van der Waals surface area (Å²) in [4.78, 5) is 44.0. The van der Waals surface area contributed by atoms with Crippen LogP contribution in [0.3, 0.4) is 0 Å². The van der Waals surface area contributed by atoms with Crippen LogP contribution >= 0.6 is 11.8 Å². The number of hydrogen-bond acceptors (Lipinski definition) is 7. The van der Waals surface area contributed by atoms with E-state index < -0.39 is 11.8 Å². The highest BCUT2D eigenvalue weighted by Gasteiger charge is 2.31. The summed E-state index contributed by atoms with van der Waals surface area (Å²) in [7, 11) is 1.46. The normalized spacial score (nSPS) is 14.8. The van der Waals surface area contributed by atoms with Crippen LogP contribution in [0.15, 0.2) is 52.4 Å². The van der Waals surface area contributed by atoms with Crippen molar-refractivity contribution in [1.29, 1.82) is 0 Å². The van der Waals surface area contributed by atoms with Crippen molar-refractivity contribution in [2.24, 2.45) is 5.73 Å². The molecule has 0 fully saturated rings. The van der Waals surface area contributed by atoms with Crippen LogP contribution in [0, 0.1) is 6.92 Å². The van der Waals surface area contributed by atoms with Crippen LogP contribution in [0.5, 0.6) is 11.5 Å². The van der Waals surface area contributed by atoms with Crippen molar-refractivity contribution in [3.05, 3.63) is 75.1 Å². The quantitative estimate of drug-likeness (QED) is 0.333. The van der Waals surface area contributed by atoms with Gasteiger partial charge in [-0.05, 0) is 35.7 Å². The second kappa shape index (κ2) is 10.0. The molecule has 9 nitrogen and oxygen atoms in total. The van der Waals surface area contributed by atoms with Crippen LogP contribution in [-0.2, 0) is 15.3 Å². The van der Waals surface area contributed by atoms with Crippen molar-refractivity contribution in [3.8, 4) is 11.5 Å². The number of aryl methyl sites for hydroxylation is 1. The van der Waals surface area contributed by atoms with Gasteiger partial charge in [0.1, 0.15) is 5.82 Å². The minimum Gasteiger partial charge on any atom is -0.493 e. The number of benzene rings is 2. The zero-order valence-corrected chi connectivity index (χ0v) is 19.5. The Morgan fingerprint density at radius 3 is 2.74 bits per heavy atom. The molecule has 0 unspecified atom stereocenters. The average Bonchev–Trinajstić information content (AvgIpc) is 2.81. The Labute approximate surface area is 200 Å². The Balaban J connectivity index is 1.64. The summed E-state index contributed by atoms with van der Waals surface area (Å²) < 4.78 is 10.7. The molecular weight excluding hydrogens is 456 g/mol. The number of rotatable bonds is 8. The number of aromatic nitrogens is 2. The fourth-order valence-corrected chi connectivity index (χ4v) is 4.73. The number of carbonyl (C=O) groups excluding carboxylic acids is 2. The third-order valence-electron chi connectivity index (χ3n) is 5.51. The number of amides is 2. The van der Waals surface area contributed by atoms with E-state index in [0.29, 0.717) is 33.5 Å². The molecular formula is C24H24N4O5S. The molecule has 0 saturated heterocycles. The maximum Gasteiger partial charge on any atom is 0.257 e. The molecule has 4 rings (SSSR count). The standard InChI is InChI=1S/C24H24N4O5S/c1-13-5-3-4-6-15(13)12-34-24-27-22-21(23(31)28-24)16(10-20(30)26-22)14-7-8-17(18(9-14)32-2)33-11-19(25)29/h3-9,16H,10-12H2,1-2H3,(H2,25,29)(H2,26,27,28,30,31)/t16-/m1/s1. The highest BCUT2D eigenvalue weighted by Crippen LogP contribution is 2.38. The smallest absolute Gasteiger partial charge is 0.257 e. The van der Waals surface area contributed by atoms with Crippen molar-refractivity contribution in [2.75, 3.05) is 19.0 Å². The second-order valence-electron chi connectivity index (χ2n) is 7.82. The monoisotopic (exact) mass is 480 g/mol. The third-order valence-corrected chi connectivity index (χ3v) is 6.44. The number of nitrogens with zero attached hydrogens (tertiary/aromatic N) is 1. The van der Waals surface area contributed by atoms with Gasteiger partial charge in [0.25, 0.3) is 11.5 Å². The molecule has 1 aromatic heterocycles. The molecule has 0 radical (unpaired) electrons. The predicted molar refractivity (Wildman–Crippen MR) is 128 cm³/mol. The molecule has 1 atom stereocenters. The lowest BCUT2D eigenvalue weighted by molar-refractivity contribution is -0.120. The molecule has 0 spiro atoms. The van der Waals surface area contributed by atoms with Gasteiger partial charge in [-0.25, -0.2) is 4.98 Å². The van der Waals surface area contributed by atoms with Crippen LogP contribution in [0.4, 0.5) is 5.82 Å². The first-order valence-electron chi connectivity index (χ1n) is 10.6. The van der Waals surface area contributed by atoms with Gasteiger partial charge in [0.05, 0.1) is 12.7 Å². The summed E-state index contributed by atoms with van der Waals surface area (Å²) in [5.74, 6) is 0.216. The van der Waals surface area contributed by atoms with E-state index in [1.807, 2.05) is 31.2 Å². The molecule has 0 aliphatic carbocycles. The third kappa shape index (κ3) is 5.07. The summed E-state index contributed by atoms with van der Waals surface area (Å²) in [6, 6.07) is 13.0. The molecule has 2 aromatic carbocycles. The number of methoxy groups -OCH3 is 1. The fraction of sp³-hybridized carbons (Fsp3) is 0.250. The average molecular weight is 481 g/mol. The van der Waals surface area contributed by atoms with E-state index >= 15 is 0 Å². The van der Waals surface area contributed by atoms with Crippen LogP contribution in [0.1, 0.15) is 34.6 Å². The van der Waals surface area contributed by atoms with Crippen LogP contribution in [0.25, 0.3) is 0 Å². The molecule has 1 aliphatic rings. The summed E-state index contributed by atoms with van der Waals surface area (Å²) in [6.45, 7) is 1.74. The van der Waals surface area contributed by atoms with E-state index in [4.69, 9.17) is 15.2 Å². The molecule has 0 bridgehead atoms. The molecule has 2 amide bonds. The molecule has 3 aromatic rings. The van der Waals surface area contributed by atoms with Crippen LogP contribution in [-0.4, -0.2) is 35.5 Å². The van der Waals surface area contributed by atoms with E-state index in [1.54, 1.807) is 18.2 Å². The molecule has 4 N–H and O–H groups in total.